The van der Waals surface area contributed by atoms with Gasteiger partial charge in [0.15, 0.2) is 0 Å². The zero-order chi connectivity index (χ0) is 15.4. The molecule has 1 atom stereocenters. The first-order valence-electron chi connectivity index (χ1n) is 8.03. The molecule has 22 heavy (non-hydrogen) atoms. The van der Waals surface area contributed by atoms with Gasteiger partial charge in [0.1, 0.15) is 5.82 Å². The Morgan fingerprint density at radius 1 is 0.864 bits per heavy atom. The molecule has 3 rings (SSSR count). The summed E-state index contributed by atoms with van der Waals surface area (Å²) in [4.78, 5) is 4.95. The van der Waals surface area contributed by atoms with Gasteiger partial charge in [-0.05, 0) is 43.2 Å². The fraction of sp³-hybridized carbons (Fsp3) is 0.368. The molecule has 1 aliphatic rings. The van der Waals surface area contributed by atoms with Crippen molar-refractivity contribution in [2.75, 3.05) is 31.1 Å². The molecule has 0 radical (unpaired) electrons. The highest BCUT2D eigenvalue weighted by Crippen LogP contribution is 2.23. The molecule has 2 aromatic carbocycles. The van der Waals surface area contributed by atoms with Gasteiger partial charge in [-0.3, -0.25) is 4.90 Å². The Morgan fingerprint density at radius 3 is 2.32 bits per heavy atom. The lowest BCUT2D eigenvalue weighted by molar-refractivity contribution is 0.226. The number of para-hydroxylation sites is 1. The second-order valence-electron chi connectivity index (χ2n) is 5.94. The Hall–Kier alpha value is -1.87. The molecule has 0 N–H and O–H groups in total. The van der Waals surface area contributed by atoms with E-state index in [9.17, 15) is 4.39 Å². The Balaban J connectivity index is 1.66. The molecule has 0 bridgehead atoms. The van der Waals surface area contributed by atoms with E-state index in [1.54, 1.807) is 12.1 Å². The summed E-state index contributed by atoms with van der Waals surface area (Å²) < 4.78 is 13.1. The van der Waals surface area contributed by atoms with E-state index in [0.29, 0.717) is 6.04 Å². The summed E-state index contributed by atoms with van der Waals surface area (Å²) in [6, 6.07) is 17.9. The Morgan fingerprint density at radius 2 is 1.59 bits per heavy atom. The van der Waals surface area contributed by atoms with Gasteiger partial charge in [0, 0.05) is 37.9 Å². The van der Waals surface area contributed by atoms with E-state index in [1.807, 2.05) is 12.1 Å². The monoisotopic (exact) mass is 298 g/mol. The minimum atomic E-state index is -0.165. The van der Waals surface area contributed by atoms with Crippen molar-refractivity contribution >= 4 is 5.69 Å². The first kappa shape index (κ1) is 15.0. The molecule has 0 aliphatic carbocycles. The lowest BCUT2D eigenvalue weighted by Gasteiger charge is -2.28. The highest BCUT2D eigenvalue weighted by Gasteiger charge is 2.20. The number of hydrogen-bond donors (Lipinski definition) is 0. The van der Waals surface area contributed by atoms with Crippen molar-refractivity contribution in [2.24, 2.45) is 0 Å². The first-order chi connectivity index (χ1) is 10.7. The Labute approximate surface area is 132 Å². The van der Waals surface area contributed by atoms with Gasteiger partial charge in [0.2, 0.25) is 0 Å². The van der Waals surface area contributed by atoms with E-state index in [0.717, 1.165) is 32.6 Å². The SMILES string of the molecule is CC(c1ccc(F)cc1)N1CCCN(c2ccccc2)CC1. The predicted molar refractivity (Wildman–Crippen MR) is 89.7 cm³/mol. The van der Waals surface area contributed by atoms with Crippen LogP contribution in [0.25, 0.3) is 0 Å². The Kier molecular flexibility index (Phi) is 4.74. The third-order valence-electron chi connectivity index (χ3n) is 4.55. The van der Waals surface area contributed by atoms with Gasteiger partial charge in [-0.1, -0.05) is 30.3 Å². The molecule has 0 spiro atoms. The third-order valence-corrected chi connectivity index (χ3v) is 4.55. The molecule has 3 heteroatoms. The van der Waals surface area contributed by atoms with Crippen LogP contribution < -0.4 is 4.90 Å². The lowest BCUT2D eigenvalue weighted by atomic mass is 10.1. The van der Waals surface area contributed by atoms with Crippen LogP contribution in [-0.2, 0) is 0 Å². The van der Waals surface area contributed by atoms with Crippen LogP contribution in [0.15, 0.2) is 54.6 Å². The summed E-state index contributed by atoms with van der Waals surface area (Å²) in [6.07, 6.45) is 1.15. The molecule has 1 unspecified atom stereocenters. The van der Waals surface area contributed by atoms with Crippen LogP contribution in [-0.4, -0.2) is 31.1 Å². The van der Waals surface area contributed by atoms with Crippen LogP contribution in [0, 0.1) is 5.82 Å². The van der Waals surface area contributed by atoms with Gasteiger partial charge in [-0.2, -0.15) is 0 Å². The molecule has 1 fully saturated rings. The van der Waals surface area contributed by atoms with Gasteiger partial charge in [0.05, 0.1) is 0 Å². The van der Waals surface area contributed by atoms with Crippen LogP contribution in [0.4, 0.5) is 10.1 Å². The molecule has 1 heterocycles. The number of rotatable bonds is 3. The second kappa shape index (κ2) is 6.93. The van der Waals surface area contributed by atoms with Gasteiger partial charge >= 0.3 is 0 Å². The van der Waals surface area contributed by atoms with Crippen molar-refractivity contribution in [2.45, 2.75) is 19.4 Å². The Bertz CT molecular complexity index is 582. The minimum Gasteiger partial charge on any atom is -0.370 e. The van der Waals surface area contributed by atoms with Crippen molar-refractivity contribution < 1.29 is 4.39 Å². The summed E-state index contributed by atoms with van der Waals surface area (Å²) in [5, 5.41) is 0. The fourth-order valence-electron chi connectivity index (χ4n) is 3.17. The largest absolute Gasteiger partial charge is 0.370 e. The maximum atomic E-state index is 13.1. The quantitative estimate of drug-likeness (QED) is 0.842. The van der Waals surface area contributed by atoms with Gasteiger partial charge in [0.25, 0.3) is 0 Å². The van der Waals surface area contributed by atoms with Gasteiger partial charge in [-0.25, -0.2) is 4.39 Å². The maximum absolute atomic E-state index is 13.1. The number of hydrogen-bond acceptors (Lipinski definition) is 2. The zero-order valence-electron chi connectivity index (χ0n) is 13.1. The van der Waals surface area contributed by atoms with Crippen LogP contribution in [0.2, 0.25) is 0 Å². The highest BCUT2D eigenvalue weighted by molar-refractivity contribution is 5.46. The van der Waals surface area contributed by atoms with Crippen LogP contribution >= 0.6 is 0 Å². The number of anilines is 1. The standard InChI is InChI=1S/C19H23FN2/c1-16(17-8-10-18(20)11-9-17)21-12-5-13-22(15-14-21)19-6-3-2-4-7-19/h2-4,6-11,16H,5,12-15H2,1H3. The highest BCUT2D eigenvalue weighted by atomic mass is 19.1. The second-order valence-corrected chi connectivity index (χ2v) is 5.94. The maximum Gasteiger partial charge on any atom is 0.123 e. The van der Waals surface area contributed by atoms with E-state index in [2.05, 4.69) is 47.1 Å². The molecular formula is C19H23FN2. The van der Waals surface area contributed by atoms with Crippen molar-refractivity contribution in [3.05, 3.63) is 66.0 Å². The molecule has 2 aromatic rings. The summed E-state index contributed by atoms with van der Waals surface area (Å²) in [6.45, 7) is 6.47. The normalized spacial score (nSPS) is 18.0. The molecule has 0 saturated carbocycles. The van der Waals surface area contributed by atoms with E-state index in [1.165, 1.54) is 11.3 Å². The molecule has 0 amide bonds. The summed E-state index contributed by atoms with van der Waals surface area (Å²) in [5.74, 6) is -0.165. The zero-order valence-corrected chi connectivity index (χ0v) is 13.1. The third kappa shape index (κ3) is 3.47. The van der Waals surface area contributed by atoms with Gasteiger partial charge < -0.3 is 4.90 Å². The fourth-order valence-corrected chi connectivity index (χ4v) is 3.17. The van der Waals surface area contributed by atoms with Crippen molar-refractivity contribution in [1.29, 1.82) is 0 Å². The molecule has 116 valence electrons. The number of nitrogens with zero attached hydrogens (tertiary/aromatic N) is 2. The lowest BCUT2D eigenvalue weighted by Crippen LogP contribution is -2.32. The summed E-state index contributed by atoms with van der Waals surface area (Å²) in [5.41, 5.74) is 2.49. The van der Waals surface area contributed by atoms with Gasteiger partial charge in [-0.15, -0.1) is 0 Å². The van der Waals surface area contributed by atoms with E-state index in [-0.39, 0.29) is 5.82 Å². The van der Waals surface area contributed by atoms with Crippen LogP contribution in [0.3, 0.4) is 0 Å². The van der Waals surface area contributed by atoms with Crippen LogP contribution in [0.1, 0.15) is 24.9 Å². The molecule has 1 aliphatic heterocycles. The minimum absolute atomic E-state index is 0.165. The summed E-state index contributed by atoms with van der Waals surface area (Å²) in [7, 11) is 0. The van der Waals surface area contributed by atoms with E-state index < -0.39 is 0 Å². The van der Waals surface area contributed by atoms with E-state index >= 15 is 0 Å². The smallest absolute Gasteiger partial charge is 0.123 e. The topological polar surface area (TPSA) is 6.48 Å². The van der Waals surface area contributed by atoms with Crippen molar-refractivity contribution in [1.82, 2.24) is 4.90 Å². The number of benzene rings is 2. The molecule has 1 saturated heterocycles. The molecule has 2 nitrogen and oxygen atoms in total. The first-order valence-corrected chi connectivity index (χ1v) is 8.03. The molecular weight excluding hydrogens is 275 g/mol. The van der Waals surface area contributed by atoms with Crippen LogP contribution in [0.5, 0.6) is 0 Å². The summed E-state index contributed by atoms with van der Waals surface area (Å²) >= 11 is 0. The van der Waals surface area contributed by atoms with Crippen molar-refractivity contribution in [3.63, 3.8) is 0 Å². The number of halogens is 1. The molecule has 0 aromatic heterocycles. The predicted octanol–water partition coefficient (Wildman–Crippen LogP) is 4.10. The average Bonchev–Trinajstić information content (AvgIpc) is 2.82. The average molecular weight is 298 g/mol. The van der Waals surface area contributed by atoms with E-state index in [4.69, 9.17) is 0 Å². The van der Waals surface area contributed by atoms with Crippen molar-refractivity contribution in [3.8, 4) is 0 Å².